The van der Waals surface area contributed by atoms with Crippen LogP contribution in [0.15, 0.2) is 60.9 Å². The standard InChI is InChI=1S/C20H17N5/c21-20-22-11-15(12-23-20)14-6-7-16-18(10-14)25-17(8-9-19(25)24-16)13-4-2-1-3-5-13/h1-7,10-12,17H,8-9H2,(H2,21,22,23). The second-order valence-corrected chi connectivity index (χ2v) is 6.40. The minimum Gasteiger partial charge on any atom is -0.368 e. The van der Waals surface area contributed by atoms with E-state index in [1.54, 1.807) is 12.4 Å². The predicted octanol–water partition coefficient (Wildman–Crippen LogP) is 3.61. The van der Waals surface area contributed by atoms with Gasteiger partial charge >= 0.3 is 0 Å². The van der Waals surface area contributed by atoms with Gasteiger partial charge in [0.1, 0.15) is 5.82 Å². The summed E-state index contributed by atoms with van der Waals surface area (Å²) in [6.07, 6.45) is 5.63. The Labute approximate surface area is 145 Å². The van der Waals surface area contributed by atoms with Crippen LogP contribution >= 0.6 is 0 Å². The summed E-state index contributed by atoms with van der Waals surface area (Å²) in [6, 6.07) is 17.3. The molecule has 1 atom stereocenters. The van der Waals surface area contributed by atoms with Crippen molar-refractivity contribution in [1.29, 1.82) is 0 Å². The normalized spacial score (nSPS) is 16.2. The molecule has 0 fully saturated rings. The fourth-order valence-electron chi connectivity index (χ4n) is 3.72. The molecule has 2 N–H and O–H groups in total. The Kier molecular flexibility index (Phi) is 3.06. The van der Waals surface area contributed by atoms with Gasteiger partial charge in [-0.2, -0.15) is 0 Å². The topological polar surface area (TPSA) is 69.6 Å². The van der Waals surface area contributed by atoms with E-state index in [4.69, 9.17) is 10.7 Å². The van der Waals surface area contributed by atoms with E-state index in [0.717, 1.165) is 40.8 Å². The highest BCUT2D eigenvalue weighted by atomic mass is 15.1. The van der Waals surface area contributed by atoms with Gasteiger partial charge in [-0.05, 0) is 29.7 Å². The lowest BCUT2D eigenvalue weighted by atomic mass is 10.0. The van der Waals surface area contributed by atoms with Crippen molar-refractivity contribution in [2.75, 3.05) is 5.73 Å². The van der Waals surface area contributed by atoms with Gasteiger partial charge in [-0.3, -0.25) is 0 Å². The summed E-state index contributed by atoms with van der Waals surface area (Å²) < 4.78 is 2.38. The van der Waals surface area contributed by atoms with Crippen LogP contribution in [0.1, 0.15) is 23.9 Å². The van der Waals surface area contributed by atoms with Gasteiger partial charge in [-0.25, -0.2) is 15.0 Å². The van der Waals surface area contributed by atoms with Crippen LogP contribution in [0, 0.1) is 0 Å². The number of nitrogen functional groups attached to an aromatic ring is 1. The number of hydrogen-bond acceptors (Lipinski definition) is 4. The van der Waals surface area contributed by atoms with Crippen molar-refractivity contribution in [3.63, 3.8) is 0 Å². The van der Waals surface area contributed by atoms with E-state index in [-0.39, 0.29) is 0 Å². The Morgan fingerprint density at radius 1 is 0.960 bits per heavy atom. The van der Waals surface area contributed by atoms with Crippen LogP contribution in [0.4, 0.5) is 5.95 Å². The van der Waals surface area contributed by atoms with Crippen LogP contribution < -0.4 is 5.73 Å². The summed E-state index contributed by atoms with van der Waals surface area (Å²) in [5, 5.41) is 0. The van der Waals surface area contributed by atoms with Gasteiger partial charge in [0, 0.05) is 24.4 Å². The molecule has 0 saturated heterocycles. The van der Waals surface area contributed by atoms with Gasteiger partial charge in [0.25, 0.3) is 0 Å². The molecule has 3 heterocycles. The Morgan fingerprint density at radius 3 is 2.56 bits per heavy atom. The molecule has 5 rings (SSSR count). The molecule has 122 valence electrons. The Bertz CT molecular complexity index is 1050. The lowest BCUT2D eigenvalue weighted by Crippen LogP contribution is -2.05. The van der Waals surface area contributed by atoms with E-state index in [0.29, 0.717) is 12.0 Å². The lowest BCUT2D eigenvalue weighted by molar-refractivity contribution is 0.637. The van der Waals surface area contributed by atoms with Crippen molar-refractivity contribution in [3.8, 4) is 11.1 Å². The minimum atomic E-state index is 0.291. The number of nitrogens with zero attached hydrogens (tertiary/aromatic N) is 4. The maximum absolute atomic E-state index is 5.60. The number of aryl methyl sites for hydroxylation is 1. The first-order valence-corrected chi connectivity index (χ1v) is 8.43. The van der Waals surface area contributed by atoms with Crippen LogP contribution in [0.5, 0.6) is 0 Å². The molecule has 2 aromatic carbocycles. The van der Waals surface area contributed by atoms with Gasteiger partial charge in [0.15, 0.2) is 0 Å². The summed E-state index contributed by atoms with van der Waals surface area (Å²) in [4.78, 5) is 13.0. The lowest BCUT2D eigenvalue weighted by Gasteiger charge is -2.15. The highest BCUT2D eigenvalue weighted by Crippen LogP contribution is 2.36. The first kappa shape index (κ1) is 14.2. The van der Waals surface area contributed by atoms with E-state index in [9.17, 15) is 0 Å². The summed E-state index contributed by atoms with van der Waals surface area (Å²) in [5.41, 5.74) is 11.2. The van der Waals surface area contributed by atoms with Crippen molar-refractivity contribution in [3.05, 3.63) is 72.3 Å². The SMILES string of the molecule is Nc1ncc(-c2ccc3nc4n(c3c2)C(c2ccccc2)CC4)cn1. The summed E-state index contributed by atoms with van der Waals surface area (Å²) >= 11 is 0. The zero-order valence-electron chi connectivity index (χ0n) is 13.6. The van der Waals surface area contributed by atoms with Crippen LogP contribution in [0.3, 0.4) is 0 Å². The molecule has 0 spiro atoms. The molecule has 0 bridgehead atoms. The maximum atomic E-state index is 5.60. The molecule has 1 aliphatic heterocycles. The molecule has 5 heteroatoms. The van der Waals surface area contributed by atoms with Crippen LogP contribution in [0.2, 0.25) is 0 Å². The van der Waals surface area contributed by atoms with E-state index in [1.165, 1.54) is 5.56 Å². The third-order valence-corrected chi connectivity index (χ3v) is 4.91. The van der Waals surface area contributed by atoms with E-state index in [2.05, 4.69) is 63.1 Å². The molecular weight excluding hydrogens is 310 g/mol. The fraction of sp³-hybridized carbons (Fsp3) is 0.150. The zero-order chi connectivity index (χ0) is 16.8. The Balaban J connectivity index is 1.66. The average Bonchev–Trinajstić information content (AvgIpc) is 3.22. The monoisotopic (exact) mass is 327 g/mol. The van der Waals surface area contributed by atoms with E-state index < -0.39 is 0 Å². The van der Waals surface area contributed by atoms with Gasteiger partial charge in [-0.1, -0.05) is 36.4 Å². The molecule has 2 aromatic heterocycles. The average molecular weight is 327 g/mol. The summed E-state index contributed by atoms with van der Waals surface area (Å²) in [6.45, 7) is 0. The van der Waals surface area contributed by atoms with Crippen molar-refractivity contribution in [2.45, 2.75) is 18.9 Å². The smallest absolute Gasteiger partial charge is 0.219 e. The molecule has 1 aliphatic rings. The summed E-state index contributed by atoms with van der Waals surface area (Å²) in [5.74, 6) is 1.45. The summed E-state index contributed by atoms with van der Waals surface area (Å²) in [7, 11) is 0. The van der Waals surface area contributed by atoms with Gasteiger partial charge < -0.3 is 10.3 Å². The molecule has 0 amide bonds. The van der Waals surface area contributed by atoms with Crippen LogP contribution in [-0.2, 0) is 6.42 Å². The number of rotatable bonds is 2. The van der Waals surface area contributed by atoms with Crippen molar-refractivity contribution in [2.24, 2.45) is 0 Å². The molecule has 25 heavy (non-hydrogen) atoms. The van der Waals surface area contributed by atoms with Crippen molar-refractivity contribution < 1.29 is 0 Å². The second kappa shape index (κ2) is 5.41. The Morgan fingerprint density at radius 2 is 1.76 bits per heavy atom. The quantitative estimate of drug-likeness (QED) is 0.610. The third-order valence-electron chi connectivity index (χ3n) is 4.91. The predicted molar refractivity (Wildman–Crippen MR) is 98.1 cm³/mol. The van der Waals surface area contributed by atoms with Gasteiger partial charge in [-0.15, -0.1) is 0 Å². The van der Waals surface area contributed by atoms with E-state index >= 15 is 0 Å². The number of anilines is 1. The molecule has 0 saturated carbocycles. The number of benzene rings is 2. The number of fused-ring (bicyclic) bond motifs is 3. The maximum Gasteiger partial charge on any atom is 0.219 e. The largest absolute Gasteiger partial charge is 0.368 e. The third kappa shape index (κ3) is 2.28. The first-order valence-electron chi connectivity index (χ1n) is 8.43. The molecular formula is C20H17N5. The van der Waals surface area contributed by atoms with Gasteiger partial charge in [0.2, 0.25) is 5.95 Å². The number of nitrogens with two attached hydrogens (primary N) is 1. The van der Waals surface area contributed by atoms with Crippen LogP contribution in [-0.4, -0.2) is 19.5 Å². The van der Waals surface area contributed by atoms with Gasteiger partial charge in [0.05, 0.1) is 17.1 Å². The Hall–Kier alpha value is -3.21. The van der Waals surface area contributed by atoms with Crippen molar-refractivity contribution in [1.82, 2.24) is 19.5 Å². The number of imidazole rings is 1. The van der Waals surface area contributed by atoms with E-state index in [1.807, 2.05) is 0 Å². The van der Waals surface area contributed by atoms with Crippen LogP contribution in [0.25, 0.3) is 22.2 Å². The molecule has 0 radical (unpaired) electrons. The fourth-order valence-corrected chi connectivity index (χ4v) is 3.72. The minimum absolute atomic E-state index is 0.291. The number of hydrogen-bond donors (Lipinski definition) is 1. The molecule has 0 aliphatic carbocycles. The van der Waals surface area contributed by atoms with Crippen molar-refractivity contribution >= 4 is 17.0 Å². The highest BCUT2D eigenvalue weighted by molar-refractivity contribution is 5.83. The zero-order valence-corrected chi connectivity index (χ0v) is 13.6. The number of aromatic nitrogens is 4. The first-order chi connectivity index (χ1) is 12.3. The second-order valence-electron chi connectivity index (χ2n) is 6.40. The molecule has 1 unspecified atom stereocenters. The molecule has 4 aromatic rings. The highest BCUT2D eigenvalue weighted by Gasteiger charge is 2.27. The molecule has 5 nitrogen and oxygen atoms in total.